The van der Waals surface area contributed by atoms with E-state index in [0.29, 0.717) is 26.1 Å². The summed E-state index contributed by atoms with van der Waals surface area (Å²) in [6, 6.07) is 0. The van der Waals surface area contributed by atoms with Gasteiger partial charge in [0.15, 0.2) is 0 Å². The third-order valence-electron chi connectivity index (χ3n) is 3.98. The molecule has 0 fully saturated rings. The second kappa shape index (κ2) is 33.1. The van der Waals surface area contributed by atoms with Gasteiger partial charge in [0, 0.05) is 39.1 Å². The maximum atomic E-state index is 8.56. The van der Waals surface area contributed by atoms with Crippen molar-refractivity contribution in [1.29, 1.82) is 0 Å². The van der Waals surface area contributed by atoms with Crippen LogP contribution in [0.4, 0.5) is 0 Å². The van der Waals surface area contributed by atoms with Crippen LogP contribution in [0.5, 0.6) is 0 Å². The highest BCUT2D eigenvalue weighted by Crippen LogP contribution is 1.99. The molecule has 0 spiro atoms. The first-order valence-corrected chi connectivity index (χ1v) is 16.0. The van der Waals surface area contributed by atoms with E-state index >= 15 is 0 Å². The fourth-order valence-electron chi connectivity index (χ4n) is 2.23. The SMILES string of the molecule is C#CCC#CCCCCCO.C#CCCCCCO.C[Si](C)(C)C#CCC#CCCCCCO. The Hall–Kier alpha value is -2.10. The molecule has 0 aliphatic heterocycles. The summed E-state index contributed by atoms with van der Waals surface area (Å²) < 4.78 is 0. The summed E-state index contributed by atoms with van der Waals surface area (Å²) in [6.07, 6.45) is 23.0. The first kappa shape index (κ1) is 36.5. The molecule has 0 aliphatic rings. The lowest BCUT2D eigenvalue weighted by Gasteiger charge is -2.02. The molecule has 0 aliphatic carbocycles. The van der Waals surface area contributed by atoms with Crippen LogP contribution in [0.2, 0.25) is 19.6 Å². The minimum atomic E-state index is -1.20. The molecule has 3 N–H and O–H groups in total. The molecule has 0 aromatic carbocycles. The van der Waals surface area contributed by atoms with E-state index in [0.717, 1.165) is 77.0 Å². The van der Waals surface area contributed by atoms with Crippen molar-refractivity contribution in [2.24, 2.45) is 0 Å². The Kier molecular flexibility index (Phi) is 35.5. The molecular formula is C30H48O3Si. The van der Waals surface area contributed by atoms with Crippen molar-refractivity contribution in [3.05, 3.63) is 0 Å². The van der Waals surface area contributed by atoms with Gasteiger partial charge in [-0.05, 0) is 38.5 Å². The molecule has 0 heterocycles. The largest absolute Gasteiger partial charge is 0.396 e. The van der Waals surface area contributed by atoms with Gasteiger partial charge in [-0.3, -0.25) is 0 Å². The zero-order valence-electron chi connectivity index (χ0n) is 22.0. The number of unbranched alkanes of at least 4 members (excludes halogenated alkanes) is 9. The molecule has 34 heavy (non-hydrogen) atoms. The monoisotopic (exact) mass is 484 g/mol. The van der Waals surface area contributed by atoms with Crippen molar-refractivity contribution >= 4 is 8.07 Å². The predicted molar refractivity (Wildman–Crippen MR) is 150 cm³/mol. The van der Waals surface area contributed by atoms with Crippen LogP contribution in [0.3, 0.4) is 0 Å². The third-order valence-corrected chi connectivity index (χ3v) is 4.91. The topological polar surface area (TPSA) is 60.7 Å². The Balaban J connectivity index is -0.000000447. The summed E-state index contributed by atoms with van der Waals surface area (Å²) in [7, 11) is -1.20. The molecule has 0 unspecified atom stereocenters. The van der Waals surface area contributed by atoms with Crippen LogP contribution in [0.25, 0.3) is 0 Å². The minimum Gasteiger partial charge on any atom is -0.396 e. The van der Waals surface area contributed by atoms with Gasteiger partial charge in [-0.25, -0.2) is 0 Å². The Morgan fingerprint density at radius 3 is 1.32 bits per heavy atom. The van der Waals surface area contributed by atoms with E-state index in [4.69, 9.17) is 28.2 Å². The molecule has 0 rings (SSSR count). The highest BCUT2D eigenvalue weighted by Gasteiger charge is 2.06. The molecule has 0 aromatic heterocycles. The summed E-state index contributed by atoms with van der Waals surface area (Å²) >= 11 is 0. The van der Waals surface area contributed by atoms with Gasteiger partial charge in [-0.15, -0.1) is 36.2 Å². The van der Waals surface area contributed by atoms with Gasteiger partial charge < -0.3 is 15.3 Å². The van der Waals surface area contributed by atoms with E-state index in [9.17, 15) is 0 Å². The van der Waals surface area contributed by atoms with Gasteiger partial charge in [-0.2, -0.15) is 0 Å². The lowest BCUT2D eigenvalue weighted by molar-refractivity contribution is 0.283. The van der Waals surface area contributed by atoms with Gasteiger partial charge in [0.1, 0.15) is 8.07 Å². The highest BCUT2D eigenvalue weighted by atomic mass is 28.3. The predicted octanol–water partition coefficient (Wildman–Crippen LogP) is 5.55. The van der Waals surface area contributed by atoms with Crippen molar-refractivity contribution in [1.82, 2.24) is 0 Å². The summed E-state index contributed by atoms with van der Waals surface area (Å²) in [5, 5.41) is 25.3. The van der Waals surface area contributed by atoms with Crippen LogP contribution in [-0.4, -0.2) is 43.2 Å². The maximum Gasteiger partial charge on any atom is 0.129 e. The smallest absolute Gasteiger partial charge is 0.129 e. The van der Waals surface area contributed by atoms with Crippen LogP contribution in [0, 0.1) is 59.8 Å². The molecule has 4 heteroatoms. The fourth-order valence-corrected chi connectivity index (χ4v) is 2.84. The summed E-state index contributed by atoms with van der Waals surface area (Å²) in [6.45, 7) is 7.60. The fraction of sp³-hybridized carbons (Fsp3) is 0.667. The summed E-state index contributed by atoms with van der Waals surface area (Å²) in [5.41, 5.74) is 3.29. The first-order chi connectivity index (χ1) is 16.4. The molecule has 3 nitrogen and oxygen atoms in total. The Morgan fingerprint density at radius 1 is 0.500 bits per heavy atom. The number of hydrogen-bond donors (Lipinski definition) is 3. The van der Waals surface area contributed by atoms with Crippen molar-refractivity contribution in [2.45, 2.75) is 110 Å². The van der Waals surface area contributed by atoms with E-state index in [1.54, 1.807) is 0 Å². The molecule has 0 saturated carbocycles. The second-order valence-corrected chi connectivity index (χ2v) is 13.4. The molecule has 0 atom stereocenters. The molecular weight excluding hydrogens is 436 g/mol. The maximum absolute atomic E-state index is 8.56. The average molecular weight is 485 g/mol. The van der Waals surface area contributed by atoms with Crippen LogP contribution in [0.15, 0.2) is 0 Å². The van der Waals surface area contributed by atoms with Crippen LogP contribution in [-0.2, 0) is 0 Å². The first-order valence-electron chi connectivity index (χ1n) is 12.5. The number of aliphatic hydroxyl groups excluding tert-OH is 3. The zero-order valence-corrected chi connectivity index (χ0v) is 23.0. The van der Waals surface area contributed by atoms with Crippen LogP contribution in [0.1, 0.15) is 89.9 Å². The molecule has 0 radical (unpaired) electrons. The number of terminal acetylenes is 2. The van der Waals surface area contributed by atoms with Crippen molar-refractivity contribution < 1.29 is 15.3 Å². The van der Waals surface area contributed by atoms with Gasteiger partial charge >= 0.3 is 0 Å². The Labute approximate surface area is 212 Å². The molecule has 0 amide bonds. The van der Waals surface area contributed by atoms with Crippen molar-refractivity contribution in [2.75, 3.05) is 19.8 Å². The lowest BCUT2D eigenvalue weighted by atomic mass is 10.2. The van der Waals surface area contributed by atoms with Gasteiger partial charge in [0.2, 0.25) is 0 Å². The normalized spacial score (nSPS) is 8.94. The van der Waals surface area contributed by atoms with Crippen molar-refractivity contribution in [3.63, 3.8) is 0 Å². The summed E-state index contributed by atoms with van der Waals surface area (Å²) in [4.78, 5) is 0. The second-order valence-electron chi connectivity index (χ2n) is 8.62. The molecule has 0 aromatic rings. The number of aliphatic hydroxyl groups is 3. The highest BCUT2D eigenvalue weighted by molar-refractivity contribution is 6.83. The van der Waals surface area contributed by atoms with E-state index in [-0.39, 0.29) is 6.61 Å². The minimum absolute atomic E-state index is 0.289. The quantitative estimate of drug-likeness (QED) is 0.193. The van der Waals surface area contributed by atoms with E-state index in [1.165, 1.54) is 0 Å². The van der Waals surface area contributed by atoms with Crippen LogP contribution >= 0.6 is 0 Å². The van der Waals surface area contributed by atoms with Gasteiger partial charge in [-0.1, -0.05) is 62.6 Å². The Bertz CT molecular complexity index is 688. The summed E-state index contributed by atoms with van der Waals surface area (Å²) in [5.74, 6) is 20.1. The lowest BCUT2D eigenvalue weighted by Crippen LogP contribution is -2.16. The number of rotatable bonds is 12. The van der Waals surface area contributed by atoms with Gasteiger partial charge in [0.05, 0.1) is 12.8 Å². The standard InChI is InChI=1S/C13H22OSi.C10H14O.C7H12O/c1-15(2,3)13-11-9-7-5-4-6-8-10-12-14;1-2-3-4-5-6-7-8-9-10-11;1-2-3-4-5-6-7-8/h14H,4,6,8-10,12H2,1-3H3;1,11H,3,6-10H2;1,8H,3-7H2. The van der Waals surface area contributed by atoms with Gasteiger partial charge in [0.25, 0.3) is 0 Å². The Morgan fingerprint density at radius 2 is 0.941 bits per heavy atom. The average Bonchev–Trinajstić information content (AvgIpc) is 2.80. The molecule has 0 saturated heterocycles. The zero-order chi connectivity index (χ0) is 26.2. The number of hydrogen-bond acceptors (Lipinski definition) is 3. The van der Waals surface area contributed by atoms with E-state index in [2.05, 4.69) is 66.6 Å². The third kappa shape index (κ3) is 47.6. The van der Waals surface area contributed by atoms with E-state index in [1.807, 2.05) is 0 Å². The molecule has 0 bridgehead atoms. The van der Waals surface area contributed by atoms with Crippen molar-refractivity contribution in [3.8, 4) is 59.8 Å². The van der Waals surface area contributed by atoms with E-state index < -0.39 is 8.07 Å². The molecule has 190 valence electrons. The van der Waals surface area contributed by atoms with Crippen LogP contribution < -0.4 is 0 Å².